The van der Waals surface area contributed by atoms with Crippen LogP contribution in [0.4, 0.5) is 0 Å². The average Bonchev–Trinajstić information content (AvgIpc) is 2.56. The molecule has 0 spiro atoms. The lowest BCUT2D eigenvalue weighted by Crippen LogP contribution is -2.52. The van der Waals surface area contributed by atoms with E-state index in [0.717, 1.165) is 19.3 Å². The number of amides is 1. The summed E-state index contributed by atoms with van der Waals surface area (Å²) < 4.78 is 5.14. The molecule has 1 atom stereocenters. The van der Waals surface area contributed by atoms with E-state index in [-0.39, 0.29) is 0 Å². The third-order valence-electron chi connectivity index (χ3n) is 3.85. The van der Waals surface area contributed by atoms with Crippen LogP contribution < -0.4 is 5.32 Å². The molecule has 0 radical (unpaired) electrons. The van der Waals surface area contributed by atoms with E-state index in [4.69, 9.17) is 4.74 Å². The summed E-state index contributed by atoms with van der Waals surface area (Å²) in [6, 6.07) is 5.24. The molecule has 1 saturated carbocycles. The van der Waals surface area contributed by atoms with Gasteiger partial charge in [-0.2, -0.15) is 5.26 Å². The van der Waals surface area contributed by atoms with Crippen LogP contribution in [0.5, 0.6) is 0 Å². The highest BCUT2D eigenvalue weighted by molar-refractivity contribution is 5.92. The van der Waals surface area contributed by atoms with E-state index in [1.807, 2.05) is 0 Å². The molecule has 6 nitrogen and oxygen atoms in total. The zero-order valence-electron chi connectivity index (χ0n) is 12.5. The fourth-order valence-electron chi connectivity index (χ4n) is 2.53. The monoisotopic (exact) mass is 301 g/mol. The zero-order valence-corrected chi connectivity index (χ0v) is 12.5. The molecule has 1 aliphatic carbocycles. The molecule has 1 aliphatic rings. The van der Waals surface area contributed by atoms with Gasteiger partial charge < -0.3 is 10.1 Å². The van der Waals surface area contributed by atoms with Gasteiger partial charge in [0.2, 0.25) is 0 Å². The lowest BCUT2D eigenvalue weighted by molar-refractivity contribution is -0.130. The maximum Gasteiger partial charge on any atom is 0.339 e. The van der Waals surface area contributed by atoms with Gasteiger partial charge in [-0.3, -0.25) is 9.78 Å². The van der Waals surface area contributed by atoms with E-state index in [9.17, 15) is 14.9 Å². The summed E-state index contributed by atoms with van der Waals surface area (Å²) in [4.78, 5) is 27.9. The molecule has 0 bridgehead atoms. The van der Waals surface area contributed by atoms with Crippen LogP contribution in [0.25, 0.3) is 0 Å². The van der Waals surface area contributed by atoms with Crippen LogP contribution in [0.15, 0.2) is 24.5 Å². The molecule has 22 heavy (non-hydrogen) atoms. The Kier molecular flexibility index (Phi) is 5.10. The van der Waals surface area contributed by atoms with Crippen molar-refractivity contribution in [3.05, 3.63) is 30.1 Å². The molecule has 1 amide bonds. The summed E-state index contributed by atoms with van der Waals surface area (Å²) in [5.41, 5.74) is -0.491. The van der Waals surface area contributed by atoms with Crippen LogP contribution in [0.2, 0.25) is 0 Å². The van der Waals surface area contributed by atoms with Crippen LogP contribution in [0, 0.1) is 11.3 Å². The topological polar surface area (TPSA) is 92.1 Å². The summed E-state index contributed by atoms with van der Waals surface area (Å²) in [6.45, 7) is 1.50. The number of carbonyl (C=O) groups is 2. The highest BCUT2D eigenvalue weighted by Gasteiger charge is 2.35. The lowest BCUT2D eigenvalue weighted by Gasteiger charge is -2.32. The molecular formula is C16H19N3O3. The Bertz CT molecular complexity index is 574. The Hall–Kier alpha value is -2.42. The Morgan fingerprint density at radius 3 is 2.55 bits per heavy atom. The van der Waals surface area contributed by atoms with Crippen molar-refractivity contribution in [2.24, 2.45) is 0 Å². The minimum Gasteiger partial charge on any atom is -0.449 e. The van der Waals surface area contributed by atoms with Gasteiger partial charge in [0.1, 0.15) is 5.54 Å². The van der Waals surface area contributed by atoms with Gasteiger partial charge in [0.05, 0.1) is 11.6 Å². The largest absolute Gasteiger partial charge is 0.449 e. The lowest BCUT2D eigenvalue weighted by atomic mass is 9.83. The standard InChI is InChI=1S/C16H19N3O3/c1-12(22-15(21)13-5-9-18-10-6-13)14(20)19-16(11-17)7-3-2-4-8-16/h5-6,9-10,12H,2-4,7-8H2,1H3,(H,19,20)/t12-/m1/s1. The van der Waals surface area contributed by atoms with Crippen molar-refractivity contribution in [2.75, 3.05) is 0 Å². The first kappa shape index (κ1) is 16.0. The predicted octanol–water partition coefficient (Wildman–Crippen LogP) is 1.97. The fraction of sp³-hybridized carbons (Fsp3) is 0.500. The van der Waals surface area contributed by atoms with E-state index in [1.165, 1.54) is 31.5 Å². The summed E-state index contributed by atoms with van der Waals surface area (Å²) >= 11 is 0. The number of nitrogens with one attached hydrogen (secondary N) is 1. The van der Waals surface area contributed by atoms with Gasteiger partial charge in [0.15, 0.2) is 6.10 Å². The van der Waals surface area contributed by atoms with Gasteiger partial charge in [0, 0.05) is 12.4 Å². The maximum absolute atomic E-state index is 12.2. The third kappa shape index (κ3) is 3.82. The Morgan fingerprint density at radius 2 is 1.95 bits per heavy atom. The van der Waals surface area contributed by atoms with Crippen molar-refractivity contribution in [3.8, 4) is 6.07 Å². The van der Waals surface area contributed by atoms with E-state index in [1.54, 1.807) is 0 Å². The number of nitrogens with zero attached hydrogens (tertiary/aromatic N) is 2. The Balaban J connectivity index is 1.94. The third-order valence-corrected chi connectivity index (χ3v) is 3.85. The highest BCUT2D eigenvalue weighted by atomic mass is 16.5. The minimum absolute atomic E-state index is 0.335. The normalized spacial score (nSPS) is 17.8. The molecule has 0 aromatic carbocycles. The van der Waals surface area contributed by atoms with Crippen molar-refractivity contribution in [1.82, 2.24) is 10.3 Å². The number of hydrogen-bond acceptors (Lipinski definition) is 5. The first-order valence-corrected chi connectivity index (χ1v) is 7.41. The number of rotatable bonds is 4. The van der Waals surface area contributed by atoms with E-state index in [2.05, 4.69) is 16.4 Å². The molecular weight excluding hydrogens is 282 g/mol. The minimum atomic E-state index is -0.951. The number of aromatic nitrogens is 1. The van der Waals surface area contributed by atoms with Gasteiger partial charge in [-0.05, 0) is 31.9 Å². The Morgan fingerprint density at radius 1 is 1.32 bits per heavy atom. The molecule has 0 aliphatic heterocycles. The quantitative estimate of drug-likeness (QED) is 0.858. The second kappa shape index (κ2) is 7.03. The summed E-state index contributed by atoms with van der Waals surface area (Å²) in [5.74, 6) is -1.02. The molecule has 116 valence electrons. The molecule has 0 saturated heterocycles. The highest BCUT2D eigenvalue weighted by Crippen LogP contribution is 2.27. The van der Waals surface area contributed by atoms with Crippen molar-refractivity contribution in [1.29, 1.82) is 5.26 Å². The molecule has 1 N–H and O–H groups in total. The maximum atomic E-state index is 12.2. The number of esters is 1. The predicted molar refractivity (Wildman–Crippen MR) is 78.7 cm³/mol. The average molecular weight is 301 g/mol. The number of nitriles is 1. The van der Waals surface area contributed by atoms with E-state index < -0.39 is 23.5 Å². The zero-order chi connectivity index (χ0) is 16.0. The fourth-order valence-corrected chi connectivity index (χ4v) is 2.53. The van der Waals surface area contributed by atoms with Crippen LogP contribution in [-0.4, -0.2) is 28.5 Å². The molecule has 6 heteroatoms. The van der Waals surface area contributed by atoms with Crippen molar-refractivity contribution in [3.63, 3.8) is 0 Å². The number of hydrogen-bond donors (Lipinski definition) is 1. The van der Waals surface area contributed by atoms with Crippen molar-refractivity contribution in [2.45, 2.75) is 50.7 Å². The number of pyridine rings is 1. The number of carbonyl (C=O) groups excluding carboxylic acids is 2. The van der Waals surface area contributed by atoms with Crippen molar-refractivity contribution < 1.29 is 14.3 Å². The van der Waals surface area contributed by atoms with Crippen LogP contribution in [-0.2, 0) is 9.53 Å². The van der Waals surface area contributed by atoms with Gasteiger partial charge in [-0.15, -0.1) is 0 Å². The smallest absolute Gasteiger partial charge is 0.339 e. The second-order valence-corrected chi connectivity index (χ2v) is 5.53. The van der Waals surface area contributed by atoms with Gasteiger partial charge >= 0.3 is 5.97 Å². The van der Waals surface area contributed by atoms with Crippen LogP contribution >= 0.6 is 0 Å². The summed E-state index contributed by atoms with van der Waals surface area (Å²) in [7, 11) is 0. The van der Waals surface area contributed by atoms with Crippen molar-refractivity contribution >= 4 is 11.9 Å². The molecule has 1 heterocycles. The second-order valence-electron chi connectivity index (χ2n) is 5.53. The van der Waals surface area contributed by atoms with E-state index >= 15 is 0 Å². The first-order chi connectivity index (χ1) is 10.6. The van der Waals surface area contributed by atoms with Crippen LogP contribution in [0.3, 0.4) is 0 Å². The molecule has 2 rings (SSSR count). The first-order valence-electron chi connectivity index (χ1n) is 7.41. The van der Waals surface area contributed by atoms with Gasteiger partial charge in [-0.25, -0.2) is 4.79 Å². The molecule has 1 fully saturated rings. The molecule has 1 aromatic heterocycles. The molecule has 1 aromatic rings. The van der Waals surface area contributed by atoms with Crippen LogP contribution in [0.1, 0.15) is 49.4 Å². The van der Waals surface area contributed by atoms with Gasteiger partial charge in [-0.1, -0.05) is 19.3 Å². The SMILES string of the molecule is C[C@@H](OC(=O)c1ccncc1)C(=O)NC1(C#N)CCCCC1. The Labute approximate surface area is 129 Å². The summed E-state index contributed by atoms with van der Waals surface area (Å²) in [6.07, 6.45) is 6.19. The van der Waals surface area contributed by atoms with E-state index in [0.29, 0.717) is 18.4 Å². The number of ether oxygens (including phenoxy) is 1. The van der Waals surface area contributed by atoms with Gasteiger partial charge in [0.25, 0.3) is 5.91 Å². The summed E-state index contributed by atoms with van der Waals surface area (Å²) in [5, 5.41) is 12.1. The molecule has 0 unspecified atom stereocenters.